The molecule has 4 nitrogen and oxygen atoms in total. The molecule has 1 atom stereocenters. The molecule has 29 heavy (non-hydrogen) atoms. The first-order valence-corrected chi connectivity index (χ1v) is 9.97. The molecule has 0 unspecified atom stereocenters. The number of amides is 1. The number of thiocarbonyl (C=S) groups is 1. The molecular formula is C20H15Cl3FN3OS. The average molecular weight is 471 g/mol. The summed E-state index contributed by atoms with van der Waals surface area (Å²) in [6.07, 6.45) is -1.13. The van der Waals surface area contributed by atoms with Crippen LogP contribution in [0.5, 0.6) is 0 Å². The number of hydrogen-bond acceptors (Lipinski definition) is 2. The van der Waals surface area contributed by atoms with Gasteiger partial charge in [-0.05, 0) is 53.3 Å². The van der Waals surface area contributed by atoms with Crippen molar-refractivity contribution in [1.29, 1.82) is 0 Å². The minimum absolute atomic E-state index is 0.0890. The van der Waals surface area contributed by atoms with Crippen LogP contribution in [0.3, 0.4) is 0 Å². The molecule has 0 saturated carbocycles. The Bertz CT molecular complexity index is 1040. The van der Waals surface area contributed by atoms with Gasteiger partial charge >= 0.3 is 0 Å². The van der Waals surface area contributed by atoms with E-state index in [-0.39, 0.29) is 10.9 Å². The third kappa shape index (κ3) is 5.70. The van der Waals surface area contributed by atoms with Crippen molar-refractivity contribution < 1.29 is 9.18 Å². The molecule has 0 spiro atoms. The van der Waals surface area contributed by atoms with Crippen molar-refractivity contribution in [2.45, 2.75) is 9.96 Å². The predicted octanol–water partition coefficient (Wildman–Crippen LogP) is 5.39. The summed E-state index contributed by atoms with van der Waals surface area (Å²) in [5, 5.41) is 10.0. The van der Waals surface area contributed by atoms with Crippen LogP contribution < -0.4 is 16.0 Å². The number of anilines is 1. The van der Waals surface area contributed by atoms with Crippen LogP contribution in [0.4, 0.5) is 10.1 Å². The Morgan fingerprint density at radius 3 is 2.28 bits per heavy atom. The van der Waals surface area contributed by atoms with E-state index >= 15 is 0 Å². The Kier molecular flexibility index (Phi) is 6.80. The number of alkyl halides is 3. The highest BCUT2D eigenvalue weighted by Crippen LogP contribution is 2.30. The lowest BCUT2D eigenvalue weighted by Crippen LogP contribution is -2.56. The molecule has 150 valence electrons. The van der Waals surface area contributed by atoms with E-state index in [2.05, 4.69) is 16.0 Å². The predicted molar refractivity (Wildman–Crippen MR) is 121 cm³/mol. The molecule has 3 N–H and O–H groups in total. The number of hydrogen-bond donors (Lipinski definition) is 3. The Morgan fingerprint density at radius 1 is 0.931 bits per heavy atom. The Labute approximate surface area is 187 Å². The van der Waals surface area contributed by atoms with Gasteiger partial charge < -0.3 is 16.0 Å². The highest BCUT2D eigenvalue weighted by Gasteiger charge is 2.35. The van der Waals surface area contributed by atoms with E-state index in [1.54, 1.807) is 12.1 Å². The fourth-order valence-electron chi connectivity index (χ4n) is 2.66. The van der Waals surface area contributed by atoms with Crippen LogP contribution in [0, 0.1) is 5.82 Å². The molecule has 0 aliphatic rings. The van der Waals surface area contributed by atoms with Crippen molar-refractivity contribution in [3.05, 3.63) is 78.1 Å². The van der Waals surface area contributed by atoms with Crippen molar-refractivity contribution in [3.63, 3.8) is 0 Å². The molecule has 3 rings (SSSR count). The summed E-state index contributed by atoms with van der Waals surface area (Å²) < 4.78 is 11.1. The molecule has 0 bridgehead atoms. The van der Waals surface area contributed by atoms with Gasteiger partial charge in [0.2, 0.25) is 3.79 Å². The zero-order chi connectivity index (χ0) is 21.0. The SMILES string of the molecule is O=C(N[C@@H](NC(=S)Nc1ccc(F)cc1)C(Cl)(Cl)Cl)c1cccc2ccccc12. The van der Waals surface area contributed by atoms with Gasteiger partial charge in [-0.1, -0.05) is 71.2 Å². The average Bonchev–Trinajstić information content (AvgIpc) is 2.68. The number of benzene rings is 3. The first-order chi connectivity index (χ1) is 13.7. The number of carbonyl (C=O) groups excluding carboxylic acids is 1. The molecule has 0 aliphatic carbocycles. The molecule has 0 saturated heterocycles. The molecule has 1 amide bonds. The summed E-state index contributed by atoms with van der Waals surface area (Å²) in [5.74, 6) is -0.814. The highest BCUT2D eigenvalue weighted by molar-refractivity contribution is 7.80. The van der Waals surface area contributed by atoms with Crippen LogP contribution >= 0.6 is 47.0 Å². The van der Waals surface area contributed by atoms with Gasteiger partial charge in [0.05, 0.1) is 0 Å². The minimum atomic E-state index is -1.89. The maximum atomic E-state index is 13.0. The Hall–Kier alpha value is -2.12. The highest BCUT2D eigenvalue weighted by atomic mass is 35.6. The molecule has 0 aliphatic heterocycles. The van der Waals surface area contributed by atoms with Crippen LogP contribution in [-0.4, -0.2) is 21.0 Å². The van der Waals surface area contributed by atoms with E-state index in [0.29, 0.717) is 11.3 Å². The number of halogens is 4. The quantitative estimate of drug-likeness (QED) is 0.272. The van der Waals surface area contributed by atoms with Crippen molar-refractivity contribution in [2.75, 3.05) is 5.32 Å². The van der Waals surface area contributed by atoms with Crippen molar-refractivity contribution in [1.82, 2.24) is 10.6 Å². The monoisotopic (exact) mass is 469 g/mol. The van der Waals surface area contributed by atoms with Gasteiger partial charge in [0.15, 0.2) is 5.11 Å². The smallest absolute Gasteiger partial charge is 0.253 e. The summed E-state index contributed by atoms with van der Waals surface area (Å²) in [7, 11) is 0. The maximum Gasteiger partial charge on any atom is 0.253 e. The summed E-state index contributed by atoms with van der Waals surface area (Å²) in [6.45, 7) is 0. The molecule has 3 aromatic carbocycles. The fraction of sp³-hybridized carbons (Fsp3) is 0.100. The molecule has 0 heterocycles. The molecule has 3 aromatic rings. The lowest BCUT2D eigenvalue weighted by atomic mass is 10.0. The second-order valence-corrected chi connectivity index (χ2v) is 8.86. The van der Waals surface area contributed by atoms with Gasteiger partial charge in [-0.2, -0.15) is 0 Å². The van der Waals surface area contributed by atoms with Crippen molar-refractivity contribution >= 4 is 74.5 Å². The molecule has 0 fully saturated rings. The van der Waals surface area contributed by atoms with Gasteiger partial charge in [0.1, 0.15) is 12.0 Å². The minimum Gasteiger partial charge on any atom is -0.339 e. The van der Waals surface area contributed by atoms with E-state index in [0.717, 1.165) is 10.8 Å². The summed E-state index contributed by atoms with van der Waals surface area (Å²) in [5.41, 5.74) is 0.967. The molecule has 0 aromatic heterocycles. The molecule has 9 heteroatoms. The molecular weight excluding hydrogens is 456 g/mol. The second kappa shape index (κ2) is 9.13. The number of rotatable bonds is 4. The van der Waals surface area contributed by atoms with Gasteiger partial charge in [0, 0.05) is 11.3 Å². The van der Waals surface area contributed by atoms with Gasteiger partial charge in [-0.25, -0.2) is 4.39 Å². The van der Waals surface area contributed by atoms with E-state index in [9.17, 15) is 9.18 Å². The van der Waals surface area contributed by atoms with Crippen LogP contribution in [0.2, 0.25) is 0 Å². The van der Waals surface area contributed by atoms with Crippen molar-refractivity contribution in [2.24, 2.45) is 0 Å². The van der Waals surface area contributed by atoms with E-state index in [1.807, 2.05) is 30.3 Å². The molecule has 0 radical (unpaired) electrons. The lowest BCUT2D eigenvalue weighted by molar-refractivity contribution is 0.0936. The van der Waals surface area contributed by atoms with Crippen LogP contribution in [0.15, 0.2) is 66.7 Å². The number of fused-ring (bicyclic) bond motifs is 1. The lowest BCUT2D eigenvalue weighted by Gasteiger charge is -2.28. The number of nitrogens with one attached hydrogen (secondary N) is 3. The fourth-order valence-corrected chi connectivity index (χ4v) is 3.23. The van der Waals surface area contributed by atoms with Crippen LogP contribution in [0.1, 0.15) is 10.4 Å². The topological polar surface area (TPSA) is 53.2 Å². The summed E-state index contributed by atoms with van der Waals surface area (Å²) >= 11 is 23.3. The second-order valence-electron chi connectivity index (χ2n) is 6.08. The Morgan fingerprint density at radius 2 is 1.59 bits per heavy atom. The largest absolute Gasteiger partial charge is 0.339 e. The first-order valence-electron chi connectivity index (χ1n) is 8.42. The zero-order valence-corrected chi connectivity index (χ0v) is 17.8. The maximum absolute atomic E-state index is 13.0. The normalized spacial score (nSPS) is 12.3. The van der Waals surface area contributed by atoms with Gasteiger partial charge in [0.25, 0.3) is 5.91 Å². The van der Waals surface area contributed by atoms with Gasteiger partial charge in [-0.15, -0.1) is 0 Å². The third-order valence-electron chi connectivity index (χ3n) is 4.01. The van der Waals surface area contributed by atoms with Crippen LogP contribution in [-0.2, 0) is 0 Å². The van der Waals surface area contributed by atoms with Crippen molar-refractivity contribution in [3.8, 4) is 0 Å². The van der Waals surface area contributed by atoms with Crippen LogP contribution in [0.25, 0.3) is 10.8 Å². The van der Waals surface area contributed by atoms with E-state index < -0.39 is 15.9 Å². The van der Waals surface area contributed by atoms with Gasteiger partial charge in [-0.3, -0.25) is 4.79 Å². The first kappa shape index (κ1) is 21.6. The zero-order valence-electron chi connectivity index (χ0n) is 14.8. The number of carbonyl (C=O) groups is 1. The van der Waals surface area contributed by atoms with E-state index in [1.165, 1.54) is 24.3 Å². The van der Waals surface area contributed by atoms with E-state index in [4.69, 9.17) is 47.0 Å². The third-order valence-corrected chi connectivity index (χ3v) is 4.89. The summed E-state index contributed by atoms with van der Waals surface area (Å²) in [6, 6.07) is 18.4. The standard InChI is InChI=1S/C20H15Cl3FN3OS/c21-20(22,23)18(27-19(29)25-14-10-8-13(24)9-11-14)26-17(28)16-7-3-5-12-4-1-2-6-15(12)16/h1-11,18H,(H,26,28)(H2,25,27,29)/t18-/m0/s1. The summed E-state index contributed by atoms with van der Waals surface area (Å²) in [4.78, 5) is 12.9. The Balaban J connectivity index is 1.76.